The molecule has 3 aromatic rings. The van der Waals surface area contributed by atoms with Crippen LogP contribution in [0.3, 0.4) is 0 Å². The summed E-state index contributed by atoms with van der Waals surface area (Å²) in [5.74, 6) is -0.917. The molecule has 12 nitrogen and oxygen atoms in total. The molecule has 4 atom stereocenters. The quantitative estimate of drug-likeness (QED) is 0.171. The number of nitrogens with one attached hydrogen (secondary N) is 2. The molecule has 4 rings (SSSR count). The Kier molecular flexibility index (Phi) is 10.5. The van der Waals surface area contributed by atoms with Crippen LogP contribution < -0.4 is 16.4 Å². The van der Waals surface area contributed by atoms with Crippen LogP contribution in [0.2, 0.25) is 0 Å². The summed E-state index contributed by atoms with van der Waals surface area (Å²) in [6.45, 7) is 3.84. The molecule has 1 unspecified atom stereocenters. The zero-order chi connectivity index (χ0) is 31.0. The number of hydrogen-bond acceptors (Lipinski definition) is 9. The molecule has 0 aliphatic carbocycles. The normalized spacial score (nSPS) is 17.1. The van der Waals surface area contributed by atoms with Crippen molar-refractivity contribution in [3.8, 4) is 0 Å². The molecule has 12 heteroatoms. The lowest BCUT2D eigenvalue weighted by Gasteiger charge is -2.28. The number of ether oxygens (including phenoxy) is 2. The molecule has 2 heterocycles. The van der Waals surface area contributed by atoms with Crippen LogP contribution in [0.5, 0.6) is 0 Å². The fraction of sp³-hybridized carbons (Fsp3) is 0.419. The molecule has 2 aromatic carbocycles. The van der Waals surface area contributed by atoms with E-state index >= 15 is 0 Å². The second-order valence-corrected chi connectivity index (χ2v) is 11.1. The van der Waals surface area contributed by atoms with E-state index in [1.165, 1.54) is 13.4 Å². The summed E-state index contributed by atoms with van der Waals surface area (Å²) in [6, 6.07) is 16.4. The number of anilines is 1. The van der Waals surface area contributed by atoms with Crippen LogP contribution in [0.1, 0.15) is 43.9 Å². The summed E-state index contributed by atoms with van der Waals surface area (Å²) in [4.78, 5) is 44.9. The van der Waals surface area contributed by atoms with Crippen LogP contribution in [0.15, 0.2) is 73.2 Å². The van der Waals surface area contributed by atoms with Gasteiger partial charge < -0.3 is 40.4 Å². The molecule has 5 N–H and O–H groups in total. The Morgan fingerprint density at radius 3 is 2.44 bits per heavy atom. The highest BCUT2D eigenvalue weighted by Crippen LogP contribution is 2.28. The fourth-order valence-corrected chi connectivity index (χ4v) is 4.89. The molecule has 230 valence electrons. The number of aromatic nitrogens is 2. The third-order valence-corrected chi connectivity index (χ3v) is 7.25. The number of aliphatic hydroxyl groups is 1. The number of aliphatic hydroxyl groups excluding tert-OH is 1. The summed E-state index contributed by atoms with van der Waals surface area (Å²) in [6.07, 6.45) is 2.99. The molecule has 1 saturated heterocycles. The van der Waals surface area contributed by atoms with Gasteiger partial charge in [-0.1, -0.05) is 60.7 Å². The van der Waals surface area contributed by atoms with Gasteiger partial charge in [-0.15, -0.1) is 0 Å². The average molecular weight is 593 g/mol. The Hall–Kier alpha value is -4.26. The second kappa shape index (κ2) is 14.3. The highest BCUT2D eigenvalue weighted by molar-refractivity contribution is 5.89. The molecule has 1 aliphatic heterocycles. The number of carbonyl (C=O) groups is 3. The van der Waals surface area contributed by atoms with Crippen LogP contribution in [0.4, 0.5) is 5.82 Å². The van der Waals surface area contributed by atoms with E-state index < -0.39 is 41.8 Å². The minimum Gasteiger partial charge on any atom is -0.467 e. The van der Waals surface area contributed by atoms with E-state index in [1.807, 2.05) is 60.7 Å². The Morgan fingerprint density at radius 2 is 1.79 bits per heavy atom. The summed E-state index contributed by atoms with van der Waals surface area (Å²) in [5.41, 5.74) is 6.44. The van der Waals surface area contributed by atoms with Gasteiger partial charge in [0, 0.05) is 12.7 Å². The Bertz CT molecular complexity index is 1360. The Labute approximate surface area is 251 Å². The van der Waals surface area contributed by atoms with Crippen molar-refractivity contribution in [2.75, 3.05) is 25.6 Å². The number of rotatable bonds is 13. The van der Waals surface area contributed by atoms with Gasteiger partial charge in [0.1, 0.15) is 24.1 Å². The lowest BCUT2D eigenvalue weighted by Crippen LogP contribution is -2.57. The van der Waals surface area contributed by atoms with Gasteiger partial charge in [0.2, 0.25) is 5.91 Å². The smallest absolute Gasteiger partial charge is 0.328 e. The lowest BCUT2D eigenvalue weighted by atomic mass is 10.0. The number of carbonyl (C=O) groups excluding carboxylic acids is 3. The van der Waals surface area contributed by atoms with E-state index in [2.05, 4.69) is 15.6 Å². The number of methoxy groups -OCH3 is 1. The van der Waals surface area contributed by atoms with Crippen LogP contribution in [0, 0.1) is 0 Å². The van der Waals surface area contributed by atoms with Crippen molar-refractivity contribution in [3.63, 3.8) is 0 Å². The minimum atomic E-state index is -1.31. The third kappa shape index (κ3) is 8.19. The van der Waals surface area contributed by atoms with Crippen molar-refractivity contribution in [1.29, 1.82) is 0 Å². The number of amides is 2. The predicted octanol–water partition coefficient (Wildman–Crippen LogP) is 1.81. The molecule has 2 amide bonds. The van der Waals surface area contributed by atoms with Crippen molar-refractivity contribution in [3.05, 3.63) is 84.3 Å². The van der Waals surface area contributed by atoms with Gasteiger partial charge in [0.05, 0.1) is 38.2 Å². The molecule has 0 radical (unpaired) electrons. The maximum atomic E-state index is 13.9. The largest absolute Gasteiger partial charge is 0.467 e. The van der Waals surface area contributed by atoms with E-state index in [9.17, 15) is 19.5 Å². The average Bonchev–Trinajstić information content (AvgIpc) is 3.67. The maximum Gasteiger partial charge on any atom is 0.328 e. The topological polar surface area (TPSA) is 161 Å². The van der Waals surface area contributed by atoms with Gasteiger partial charge in [-0.25, -0.2) is 9.78 Å². The molecule has 1 aromatic heterocycles. The van der Waals surface area contributed by atoms with Gasteiger partial charge in [-0.05, 0) is 37.8 Å². The zero-order valence-electron chi connectivity index (χ0n) is 24.7. The van der Waals surface area contributed by atoms with Crippen LogP contribution in [-0.2, 0) is 30.5 Å². The number of nitrogens with two attached hydrogens (primary N) is 1. The molecule has 0 spiro atoms. The van der Waals surface area contributed by atoms with Crippen molar-refractivity contribution in [2.24, 2.45) is 5.73 Å². The molecular weight excluding hydrogens is 552 g/mol. The maximum absolute atomic E-state index is 13.9. The zero-order valence-corrected chi connectivity index (χ0v) is 24.7. The van der Waals surface area contributed by atoms with E-state index in [0.717, 1.165) is 5.56 Å². The summed E-state index contributed by atoms with van der Waals surface area (Å²) >= 11 is 0. The van der Waals surface area contributed by atoms with Crippen LogP contribution >= 0.6 is 0 Å². The summed E-state index contributed by atoms with van der Waals surface area (Å²) < 4.78 is 12.4. The van der Waals surface area contributed by atoms with E-state index in [1.54, 1.807) is 29.5 Å². The van der Waals surface area contributed by atoms with E-state index in [0.29, 0.717) is 24.9 Å². The van der Waals surface area contributed by atoms with E-state index in [-0.39, 0.29) is 24.9 Å². The van der Waals surface area contributed by atoms with Gasteiger partial charge in [0.25, 0.3) is 5.91 Å². The lowest BCUT2D eigenvalue weighted by molar-refractivity contribution is -0.151. The third-order valence-electron chi connectivity index (χ3n) is 7.25. The standard InChI is InChI=1S/C31H40N6O6/c1-31(2,32)30(41)34-23(19-43-18-21-11-6-4-7-12-21)27(38)35-25-17-36(20-33-25)26(22-13-8-5-9-14-22)28(39)37-16-10-15-24(37)29(40)42-3/h4-9,11-14,17,20,23-24,26-27,35,38H,10,15-16,18-19,32H2,1-3H3,(H,34,41)/t23-,24+,26?,27-/m1/s1. The molecule has 43 heavy (non-hydrogen) atoms. The number of benzene rings is 2. The van der Waals surface area contributed by atoms with E-state index in [4.69, 9.17) is 15.2 Å². The fourth-order valence-electron chi connectivity index (χ4n) is 4.89. The number of likely N-dealkylation sites (tertiary alicyclic amines) is 1. The molecule has 0 bridgehead atoms. The monoisotopic (exact) mass is 592 g/mol. The van der Waals surface area contributed by atoms with Crippen molar-refractivity contribution in [1.82, 2.24) is 19.8 Å². The molecule has 0 saturated carbocycles. The first kappa shape index (κ1) is 31.7. The summed E-state index contributed by atoms with van der Waals surface area (Å²) in [5, 5.41) is 16.8. The first-order chi connectivity index (χ1) is 20.6. The highest BCUT2D eigenvalue weighted by Gasteiger charge is 2.39. The number of hydrogen-bond donors (Lipinski definition) is 4. The van der Waals surface area contributed by atoms with Crippen LogP contribution in [0.25, 0.3) is 0 Å². The number of nitrogens with zero attached hydrogens (tertiary/aromatic N) is 3. The Morgan fingerprint density at radius 1 is 1.12 bits per heavy atom. The van der Waals surface area contributed by atoms with Gasteiger partial charge in [-0.2, -0.15) is 0 Å². The number of imidazole rings is 1. The molecule has 1 aliphatic rings. The highest BCUT2D eigenvalue weighted by atomic mass is 16.5. The predicted molar refractivity (Wildman–Crippen MR) is 159 cm³/mol. The number of esters is 1. The molecule has 1 fully saturated rings. The first-order valence-corrected chi connectivity index (χ1v) is 14.2. The van der Waals surface area contributed by atoms with Crippen molar-refractivity contribution < 1.29 is 29.0 Å². The molecular formula is C31H40N6O6. The Balaban J connectivity index is 1.52. The second-order valence-electron chi connectivity index (χ2n) is 11.1. The van der Waals surface area contributed by atoms with Crippen molar-refractivity contribution in [2.45, 2.75) is 63.2 Å². The minimum absolute atomic E-state index is 0.0133. The van der Waals surface area contributed by atoms with Gasteiger partial charge >= 0.3 is 5.97 Å². The van der Waals surface area contributed by atoms with Gasteiger partial charge in [0.15, 0.2) is 0 Å². The van der Waals surface area contributed by atoms with Gasteiger partial charge in [-0.3, -0.25) is 9.59 Å². The van der Waals surface area contributed by atoms with Crippen LogP contribution in [-0.4, -0.2) is 81.5 Å². The summed E-state index contributed by atoms with van der Waals surface area (Å²) in [7, 11) is 1.31. The van der Waals surface area contributed by atoms with Crippen molar-refractivity contribution >= 4 is 23.6 Å². The SMILES string of the molecule is COC(=O)[C@@H]1CCCN1C(=O)C(c1ccccc1)n1cnc(N[C@H](O)[C@@H](COCc2ccccc2)NC(=O)C(C)(C)N)c1. The first-order valence-electron chi connectivity index (χ1n) is 14.2.